The number of H-pyrrole nitrogens is 1. The van der Waals surface area contributed by atoms with Crippen molar-refractivity contribution in [1.29, 1.82) is 0 Å². The molecule has 0 radical (unpaired) electrons. The number of nitrogens with two attached hydrogens (primary N) is 3. The number of primary amides is 1. The summed E-state index contributed by atoms with van der Waals surface area (Å²) in [5.74, 6) is -1.21. The molecule has 2 atom stereocenters. The zero-order valence-electron chi connectivity index (χ0n) is 22.0. The number of aliphatic hydroxyl groups excluding tert-OH is 1. The fraction of sp³-hybridized carbons (Fsp3) is 0.276. The van der Waals surface area contributed by atoms with E-state index in [-0.39, 0.29) is 0 Å². The molecule has 0 saturated heterocycles. The Balaban J connectivity index is 2.37. The molecule has 196 valence electrons. The first-order chi connectivity index (χ1) is 17.6. The standard InChI is InChI=1S/C29H38N6O2/c1-6-8-21(9-7-2)11-13-26(36)33-15-14-24(30)19(4)16-22(28(31)20(5)29(32)37)27-18(3)10-12-25-23(27)17-34-35-25/h6-10,12,14-17,20,26,36H,1,11,13,30-31H2,2-5H3,(H2,32,37)(H,34,35)/b9-7-,19-16+,21-8+,24-14-,28-22-,33-15-. The molecule has 8 heteroatoms. The molecule has 2 unspecified atom stereocenters. The van der Waals surface area contributed by atoms with Crippen LogP contribution in [-0.2, 0) is 4.79 Å². The Bertz CT molecular complexity index is 1310. The Morgan fingerprint density at radius 2 is 2.00 bits per heavy atom. The molecule has 1 aromatic heterocycles. The highest BCUT2D eigenvalue weighted by Crippen LogP contribution is 2.32. The van der Waals surface area contributed by atoms with E-state index in [2.05, 4.69) is 21.8 Å². The van der Waals surface area contributed by atoms with Gasteiger partial charge in [-0.05, 0) is 81.0 Å². The molecule has 37 heavy (non-hydrogen) atoms. The van der Waals surface area contributed by atoms with Crippen molar-refractivity contribution in [2.75, 3.05) is 0 Å². The summed E-state index contributed by atoms with van der Waals surface area (Å²) >= 11 is 0. The second-order valence-electron chi connectivity index (χ2n) is 8.83. The first-order valence-electron chi connectivity index (χ1n) is 12.1. The third-order valence-electron chi connectivity index (χ3n) is 6.04. The van der Waals surface area contributed by atoms with E-state index >= 15 is 0 Å². The van der Waals surface area contributed by atoms with Crippen molar-refractivity contribution in [2.24, 2.45) is 28.1 Å². The molecule has 2 rings (SSSR count). The van der Waals surface area contributed by atoms with Gasteiger partial charge in [0.05, 0.1) is 17.6 Å². The van der Waals surface area contributed by atoms with Crippen LogP contribution in [0.15, 0.2) is 88.9 Å². The Labute approximate surface area is 218 Å². The maximum Gasteiger partial charge on any atom is 0.226 e. The number of nitrogens with zero attached hydrogens (tertiary/aromatic N) is 2. The number of carbonyl (C=O) groups excluding carboxylic acids is 1. The molecule has 0 aliphatic rings. The minimum absolute atomic E-state index is 0.338. The predicted octanol–water partition coefficient (Wildman–Crippen LogP) is 4.31. The van der Waals surface area contributed by atoms with E-state index in [0.717, 1.165) is 27.6 Å². The van der Waals surface area contributed by atoms with E-state index in [1.807, 2.05) is 57.2 Å². The van der Waals surface area contributed by atoms with Gasteiger partial charge < -0.3 is 22.3 Å². The number of aromatic nitrogens is 2. The zero-order valence-corrected chi connectivity index (χ0v) is 22.0. The molecular formula is C29H38N6O2. The third kappa shape index (κ3) is 7.91. The molecule has 0 spiro atoms. The molecule has 0 fully saturated rings. The molecule has 0 saturated carbocycles. The fourth-order valence-electron chi connectivity index (χ4n) is 3.78. The minimum atomic E-state index is -0.865. The highest BCUT2D eigenvalue weighted by atomic mass is 16.3. The van der Waals surface area contributed by atoms with Crippen molar-refractivity contribution in [3.05, 3.63) is 95.0 Å². The molecule has 8 N–H and O–H groups in total. The van der Waals surface area contributed by atoms with E-state index in [0.29, 0.717) is 35.4 Å². The van der Waals surface area contributed by atoms with Crippen LogP contribution in [0.5, 0.6) is 0 Å². The van der Waals surface area contributed by atoms with Crippen LogP contribution >= 0.6 is 0 Å². The number of amides is 1. The van der Waals surface area contributed by atoms with Gasteiger partial charge in [0.1, 0.15) is 6.23 Å². The van der Waals surface area contributed by atoms with Crippen molar-refractivity contribution < 1.29 is 9.90 Å². The number of fused-ring (bicyclic) bond motifs is 1. The monoisotopic (exact) mass is 502 g/mol. The molecule has 1 amide bonds. The quantitative estimate of drug-likeness (QED) is 0.216. The number of hydrogen-bond acceptors (Lipinski definition) is 6. The number of rotatable bonds is 12. The van der Waals surface area contributed by atoms with Gasteiger partial charge in [-0.25, -0.2) is 0 Å². The topological polar surface area (TPSA) is 156 Å². The van der Waals surface area contributed by atoms with E-state index in [4.69, 9.17) is 17.2 Å². The van der Waals surface area contributed by atoms with E-state index < -0.39 is 18.1 Å². The number of hydrogen-bond donors (Lipinski definition) is 5. The third-order valence-corrected chi connectivity index (χ3v) is 6.04. The number of carbonyl (C=O) groups is 1. The number of nitrogens with one attached hydrogen (secondary N) is 1. The van der Waals surface area contributed by atoms with Crippen molar-refractivity contribution >= 4 is 28.6 Å². The van der Waals surface area contributed by atoms with Crippen LogP contribution in [-0.4, -0.2) is 33.7 Å². The maximum absolute atomic E-state index is 11.9. The van der Waals surface area contributed by atoms with Crippen LogP contribution in [0.1, 0.15) is 44.7 Å². The second-order valence-corrected chi connectivity index (χ2v) is 8.83. The number of benzene rings is 1. The van der Waals surface area contributed by atoms with Crippen LogP contribution in [0.25, 0.3) is 16.5 Å². The summed E-state index contributed by atoms with van der Waals surface area (Å²) in [6.07, 6.45) is 14.5. The van der Waals surface area contributed by atoms with Gasteiger partial charge in [0.25, 0.3) is 0 Å². The summed E-state index contributed by atoms with van der Waals surface area (Å²) in [5.41, 5.74) is 24.2. The smallest absolute Gasteiger partial charge is 0.226 e. The van der Waals surface area contributed by atoms with Gasteiger partial charge in [-0.3, -0.25) is 14.9 Å². The van der Waals surface area contributed by atoms with Crippen LogP contribution in [0.4, 0.5) is 0 Å². The summed E-state index contributed by atoms with van der Waals surface area (Å²) in [6, 6.07) is 3.90. The Kier molecular flexibility index (Phi) is 10.8. The molecule has 0 bridgehead atoms. The van der Waals surface area contributed by atoms with Crippen LogP contribution in [0.3, 0.4) is 0 Å². The molecule has 8 nitrogen and oxygen atoms in total. The second kappa shape index (κ2) is 13.8. The summed E-state index contributed by atoms with van der Waals surface area (Å²) < 4.78 is 0. The average Bonchev–Trinajstić information content (AvgIpc) is 3.34. The number of aromatic amines is 1. The van der Waals surface area contributed by atoms with E-state index in [1.165, 1.54) is 6.21 Å². The Morgan fingerprint density at radius 3 is 2.65 bits per heavy atom. The average molecular weight is 503 g/mol. The lowest BCUT2D eigenvalue weighted by Gasteiger charge is -2.17. The molecular weight excluding hydrogens is 464 g/mol. The van der Waals surface area contributed by atoms with Gasteiger partial charge in [-0.2, -0.15) is 5.10 Å². The molecule has 2 aromatic rings. The van der Waals surface area contributed by atoms with Crippen molar-refractivity contribution in [2.45, 2.75) is 46.8 Å². The van der Waals surface area contributed by atoms with E-state index in [9.17, 15) is 9.90 Å². The van der Waals surface area contributed by atoms with Crippen LogP contribution in [0.2, 0.25) is 0 Å². The molecule has 1 heterocycles. The van der Waals surface area contributed by atoms with Gasteiger partial charge in [0.15, 0.2) is 0 Å². The number of aliphatic imine (C=N–C) groups is 1. The summed E-state index contributed by atoms with van der Waals surface area (Å²) in [6.45, 7) is 11.1. The largest absolute Gasteiger partial charge is 0.401 e. The highest BCUT2D eigenvalue weighted by molar-refractivity contribution is 5.98. The first kappa shape index (κ1) is 29.1. The Hall–Kier alpha value is -4.17. The van der Waals surface area contributed by atoms with Crippen LogP contribution in [0, 0.1) is 12.8 Å². The first-order valence-corrected chi connectivity index (χ1v) is 12.1. The van der Waals surface area contributed by atoms with Gasteiger partial charge in [-0.15, -0.1) is 0 Å². The van der Waals surface area contributed by atoms with Crippen molar-refractivity contribution in [1.82, 2.24) is 10.2 Å². The molecule has 0 aliphatic carbocycles. The van der Waals surface area contributed by atoms with Gasteiger partial charge in [0.2, 0.25) is 5.91 Å². The van der Waals surface area contributed by atoms with Gasteiger partial charge >= 0.3 is 0 Å². The lowest BCUT2D eigenvalue weighted by Crippen LogP contribution is -2.26. The van der Waals surface area contributed by atoms with Crippen LogP contribution < -0.4 is 17.2 Å². The van der Waals surface area contributed by atoms with Crippen molar-refractivity contribution in [3.8, 4) is 0 Å². The van der Waals surface area contributed by atoms with E-state index in [1.54, 1.807) is 25.3 Å². The van der Waals surface area contributed by atoms with Crippen molar-refractivity contribution in [3.63, 3.8) is 0 Å². The fourth-order valence-corrected chi connectivity index (χ4v) is 3.78. The summed E-state index contributed by atoms with van der Waals surface area (Å²) in [5, 5.41) is 18.2. The highest BCUT2D eigenvalue weighted by Gasteiger charge is 2.20. The number of aliphatic hydroxyl groups is 1. The SMILES string of the molecule is C=C/C=C(\C=C/C)CCC(O)\N=C/C=C(N)/C(C)=C/C(=C(/N)C(C)C(N)=O)c1c(C)ccc2[nH]ncc12. The normalized spacial score (nSPS) is 15.9. The Morgan fingerprint density at radius 1 is 1.27 bits per heavy atom. The van der Waals surface area contributed by atoms with Gasteiger partial charge in [-0.1, -0.05) is 36.9 Å². The number of aryl methyl sites for hydroxylation is 1. The number of allylic oxidation sites excluding steroid dienone is 9. The molecule has 0 aliphatic heterocycles. The van der Waals surface area contributed by atoms with Gasteiger partial charge in [0, 0.05) is 28.6 Å². The lowest BCUT2D eigenvalue weighted by molar-refractivity contribution is -0.120. The maximum atomic E-state index is 11.9. The summed E-state index contributed by atoms with van der Waals surface area (Å²) in [4.78, 5) is 16.1. The predicted molar refractivity (Wildman–Crippen MR) is 153 cm³/mol. The minimum Gasteiger partial charge on any atom is -0.401 e. The lowest BCUT2D eigenvalue weighted by atomic mass is 9.90. The summed E-state index contributed by atoms with van der Waals surface area (Å²) in [7, 11) is 0. The zero-order chi connectivity index (χ0) is 27.5. The molecule has 1 aromatic carbocycles.